The number of amides is 1. The molecule has 0 spiro atoms. The third-order valence-electron chi connectivity index (χ3n) is 8.74. The summed E-state index contributed by atoms with van der Waals surface area (Å²) < 4.78 is 6.08. The number of fused-ring (bicyclic) bond motifs is 5. The largest absolute Gasteiger partial charge is 0.374 e. The van der Waals surface area contributed by atoms with Gasteiger partial charge >= 0.3 is 0 Å². The molecule has 1 aliphatic heterocycles. The van der Waals surface area contributed by atoms with E-state index in [1.165, 1.54) is 38.5 Å². The highest BCUT2D eigenvalue weighted by Gasteiger charge is 2.60. The number of nitrogens with zero attached hydrogens (tertiary/aromatic N) is 1. The molecule has 4 rings (SSSR count). The molecule has 3 saturated carbocycles. The molecular formula is C22H35NO2. The monoisotopic (exact) mass is 345 g/mol. The molecule has 0 aromatic heterocycles. The van der Waals surface area contributed by atoms with E-state index >= 15 is 0 Å². The molecule has 0 N–H and O–H groups in total. The Balaban J connectivity index is 1.56. The van der Waals surface area contributed by atoms with Crippen molar-refractivity contribution >= 4 is 5.91 Å². The first-order valence-corrected chi connectivity index (χ1v) is 10.4. The predicted octanol–water partition coefficient (Wildman–Crippen LogP) is 4.42. The van der Waals surface area contributed by atoms with E-state index in [1.54, 1.807) is 0 Å². The van der Waals surface area contributed by atoms with Gasteiger partial charge in [0.2, 0.25) is 5.91 Å². The quantitative estimate of drug-likeness (QED) is 0.709. The van der Waals surface area contributed by atoms with Crippen LogP contribution in [0.5, 0.6) is 0 Å². The van der Waals surface area contributed by atoms with E-state index in [2.05, 4.69) is 25.3 Å². The van der Waals surface area contributed by atoms with E-state index < -0.39 is 0 Å². The fourth-order valence-corrected chi connectivity index (χ4v) is 7.48. The Kier molecular flexibility index (Phi) is 4.30. The molecule has 25 heavy (non-hydrogen) atoms. The van der Waals surface area contributed by atoms with Crippen molar-refractivity contribution in [3.63, 3.8) is 0 Å². The van der Waals surface area contributed by atoms with Gasteiger partial charge in [0.25, 0.3) is 0 Å². The number of carbonyl (C=O) groups excluding carboxylic acids is 1. The zero-order chi connectivity index (χ0) is 17.8. The average Bonchev–Trinajstić information content (AvgIpc) is 2.93. The Hall–Kier alpha value is -0.830. The molecule has 7 atom stereocenters. The molecule has 0 bridgehead atoms. The number of piperidine rings is 1. The summed E-state index contributed by atoms with van der Waals surface area (Å²) in [5, 5.41) is 0. The molecule has 3 aliphatic carbocycles. The fourth-order valence-electron chi connectivity index (χ4n) is 7.48. The van der Waals surface area contributed by atoms with Crippen LogP contribution in [0.25, 0.3) is 0 Å². The smallest absolute Gasteiger partial charge is 0.222 e. The van der Waals surface area contributed by atoms with Crippen molar-refractivity contribution in [3.05, 3.63) is 12.7 Å². The molecule has 1 saturated heterocycles. The Labute approximate surface area is 153 Å². The van der Waals surface area contributed by atoms with Gasteiger partial charge in [0.1, 0.15) is 0 Å². The van der Waals surface area contributed by atoms with Crippen LogP contribution in [0.1, 0.15) is 65.2 Å². The topological polar surface area (TPSA) is 29.5 Å². The zero-order valence-electron chi connectivity index (χ0n) is 16.3. The van der Waals surface area contributed by atoms with Crippen LogP contribution < -0.4 is 0 Å². The average molecular weight is 346 g/mol. The predicted molar refractivity (Wildman–Crippen MR) is 100 cm³/mol. The van der Waals surface area contributed by atoms with Gasteiger partial charge in [0.15, 0.2) is 0 Å². The summed E-state index contributed by atoms with van der Waals surface area (Å²) in [6.45, 7) is 9.52. The Morgan fingerprint density at radius 1 is 1.24 bits per heavy atom. The van der Waals surface area contributed by atoms with Gasteiger partial charge in [-0.3, -0.25) is 4.79 Å². The van der Waals surface area contributed by atoms with Crippen LogP contribution in [-0.4, -0.2) is 36.6 Å². The normalized spacial score (nSPS) is 49.3. The molecule has 0 radical (unpaired) electrons. The zero-order valence-corrected chi connectivity index (χ0v) is 16.3. The van der Waals surface area contributed by atoms with Crippen LogP contribution >= 0.6 is 0 Å². The van der Waals surface area contributed by atoms with E-state index in [0.29, 0.717) is 35.5 Å². The first kappa shape index (κ1) is 17.6. The first-order valence-electron chi connectivity index (χ1n) is 10.4. The van der Waals surface area contributed by atoms with E-state index in [0.717, 1.165) is 30.6 Å². The van der Waals surface area contributed by atoms with Crippen molar-refractivity contribution in [1.82, 2.24) is 4.90 Å². The summed E-state index contributed by atoms with van der Waals surface area (Å²) in [6.07, 6.45) is 11.8. The second-order valence-electron chi connectivity index (χ2n) is 9.86. The standard InChI is InChI=1S/C22H35NO2/c1-5-12-25-15-13-18-16-6-7-19-22(3,11-9-20(24)23(19)4)17(16)8-10-21(18,2)14-15/h5,15-19H,1,6-14H2,2-4H3/t15-,16?,17-,18-,19+,21+,22+/m0/s1. The third-order valence-corrected chi connectivity index (χ3v) is 8.74. The summed E-state index contributed by atoms with van der Waals surface area (Å²) in [4.78, 5) is 14.3. The van der Waals surface area contributed by atoms with Crippen molar-refractivity contribution in [2.75, 3.05) is 13.7 Å². The van der Waals surface area contributed by atoms with Crippen molar-refractivity contribution < 1.29 is 9.53 Å². The molecule has 1 heterocycles. The van der Waals surface area contributed by atoms with Crippen molar-refractivity contribution in [2.45, 2.75) is 77.4 Å². The summed E-state index contributed by atoms with van der Waals surface area (Å²) in [5.41, 5.74) is 0.791. The summed E-state index contributed by atoms with van der Waals surface area (Å²) in [6, 6.07) is 0.466. The van der Waals surface area contributed by atoms with Crippen molar-refractivity contribution in [1.29, 1.82) is 0 Å². The molecule has 1 amide bonds. The molecule has 4 fully saturated rings. The molecule has 0 aromatic rings. The summed E-state index contributed by atoms with van der Waals surface area (Å²) >= 11 is 0. The minimum atomic E-state index is 0.326. The van der Waals surface area contributed by atoms with Crippen molar-refractivity contribution in [2.24, 2.45) is 28.6 Å². The molecule has 3 heteroatoms. The fraction of sp³-hybridized carbons (Fsp3) is 0.864. The highest BCUT2D eigenvalue weighted by Crippen LogP contribution is 2.64. The van der Waals surface area contributed by atoms with Crippen LogP contribution in [-0.2, 0) is 9.53 Å². The van der Waals surface area contributed by atoms with Gasteiger partial charge in [0, 0.05) is 19.5 Å². The molecule has 0 aromatic carbocycles. The van der Waals surface area contributed by atoms with Crippen LogP contribution in [0.3, 0.4) is 0 Å². The van der Waals surface area contributed by atoms with Gasteiger partial charge in [0.05, 0.1) is 12.7 Å². The number of hydrogen-bond donors (Lipinski definition) is 0. The van der Waals surface area contributed by atoms with Crippen LogP contribution in [0, 0.1) is 28.6 Å². The van der Waals surface area contributed by atoms with Gasteiger partial charge in [-0.25, -0.2) is 0 Å². The van der Waals surface area contributed by atoms with Crippen LogP contribution in [0.2, 0.25) is 0 Å². The third kappa shape index (κ3) is 2.60. The highest BCUT2D eigenvalue weighted by molar-refractivity contribution is 5.77. The lowest BCUT2D eigenvalue weighted by Gasteiger charge is -2.61. The summed E-state index contributed by atoms with van der Waals surface area (Å²) in [7, 11) is 2.05. The number of hydrogen-bond acceptors (Lipinski definition) is 2. The van der Waals surface area contributed by atoms with Gasteiger partial charge in [-0.2, -0.15) is 0 Å². The number of carbonyl (C=O) groups is 1. The minimum absolute atomic E-state index is 0.326. The van der Waals surface area contributed by atoms with Crippen LogP contribution in [0.4, 0.5) is 0 Å². The number of ether oxygens (including phenoxy) is 1. The van der Waals surface area contributed by atoms with E-state index in [4.69, 9.17) is 4.74 Å². The maximum atomic E-state index is 12.2. The van der Waals surface area contributed by atoms with E-state index in [-0.39, 0.29) is 0 Å². The first-order chi connectivity index (χ1) is 11.9. The van der Waals surface area contributed by atoms with Gasteiger partial charge in [-0.05, 0) is 73.5 Å². The second-order valence-corrected chi connectivity index (χ2v) is 9.86. The Morgan fingerprint density at radius 2 is 2.04 bits per heavy atom. The summed E-state index contributed by atoms with van der Waals surface area (Å²) in [5.74, 6) is 2.79. The van der Waals surface area contributed by atoms with Crippen LogP contribution in [0.15, 0.2) is 12.7 Å². The van der Waals surface area contributed by atoms with Gasteiger partial charge in [-0.15, -0.1) is 6.58 Å². The number of likely N-dealkylation sites (tertiary alicyclic amines) is 1. The Morgan fingerprint density at radius 3 is 2.80 bits per heavy atom. The van der Waals surface area contributed by atoms with Gasteiger partial charge < -0.3 is 9.64 Å². The lowest BCUT2D eigenvalue weighted by atomic mass is 9.47. The molecule has 3 nitrogen and oxygen atoms in total. The lowest BCUT2D eigenvalue weighted by Crippen LogP contribution is -2.61. The molecular weight excluding hydrogens is 310 g/mol. The second kappa shape index (κ2) is 6.11. The Bertz CT molecular complexity index is 560. The molecule has 140 valence electrons. The SMILES string of the molecule is C=CCO[C@H]1C[C@H]2C3CC[C@H]4N(C)C(=O)CC[C@]4(C)[C@H]3CC[C@]2(C)C1. The number of rotatable bonds is 3. The van der Waals surface area contributed by atoms with Crippen molar-refractivity contribution in [3.8, 4) is 0 Å². The maximum Gasteiger partial charge on any atom is 0.222 e. The van der Waals surface area contributed by atoms with E-state index in [9.17, 15) is 4.79 Å². The minimum Gasteiger partial charge on any atom is -0.374 e. The highest BCUT2D eigenvalue weighted by atomic mass is 16.5. The molecule has 4 aliphatic rings. The van der Waals surface area contributed by atoms with E-state index in [1.807, 2.05) is 13.1 Å². The maximum absolute atomic E-state index is 12.2. The van der Waals surface area contributed by atoms with Gasteiger partial charge in [-0.1, -0.05) is 19.9 Å². The molecule has 1 unspecified atom stereocenters. The lowest BCUT2D eigenvalue weighted by molar-refractivity contribution is -0.156.